The number of likely N-dealkylation sites (tertiary alicyclic amines) is 1. The van der Waals surface area contributed by atoms with Crippen molar-refractivity contribution in [3.8, 4) is 5.75 Å². The Bertz CT molecular complexity index is 850. The lowest BCUT2D eigenvalue weighted by Gasteiger charge is -2.30. The summed E-state index contributed by atoms with van der Waals surface area (Å²) in [4.78, 5) is 13.9. The summed E-state index contributed by atoms with van der Waals surface area (Å²) in [6.07, 6.45) is 1.93. The van der Waals surface area contributed by atoms with Crippen LogP contribution < -0.4 is 4.74 Å². The van der Waals surface area contributed by atoms with Gasteiger partial charge in [0.15, 0.2) is 6.61 Å². The molecule has 9 heteroatoms. The third-order valence-electron chi connectivity index (χ3n) is 4.14. The highest BCUT2D eigenvalue weighted by molar-refractivity contribution is 7.91. The molecule has 1 fully saturated rings. The Balaban J connectivity index is 1.60. The van der Waals surface area contributed by atoms with Crippen LogP contribution in [0.25, 0.3) is 0 Å². The van der Waals surface area contributed by atoms with Gasteiger partial charge in [0, 0.05) is 13.1 Å². The average Bonchev–Trinajstić information content (AvgIpc) is 3.10. The number of rotatable bonds is 6. The third kappa shape index (κ3) is 4.60. The maximum Gasteiger partial charge on any atom is 0.336 e. The van der Waals surface area contributed by atoms with E-state index >= 15 is 0 Å². The molecule has 26 heavy (non-hydrogen) atoms. The molecule has 1 aliphatic heterocycles. The van der Waals surface area contributed by atoms with Crippen molar-refractivity contribution in [2.45, 2.75) is 31.6 Å². The normalized spacial score (nSPS) is 17.9. The summed E-state index contributed by atoms with van der Waals surface area (Å²) >= 11 is 0. The number of sulfone groups is 1. The summed E-state index contributed by atoms with van der Waals surface area (Å²) in [5.74, 6) is -0.0886. The standard InChI is InChI=1S/C17H21N3O5S/c1-13-6-5-9-20(10-13)16(21)12-26(22,23)17-19-18-15(25-17)11-24-14-7-3-2-4-8-14/h2-4,7-8,13H,5-6,9-12H2,1H3. The lowest BCUT2D eigenvalue weighted by molar-refractivity contribution is -0.130. The van der Waals surface area contributed by atoms with Crippen molar-refractivity contribution >= 4 is 15.7 Å². The first kappa shape index (κ1) is 18.4. The quantitative estimate of drug-likeness (QED) is 0.752. The van der Waals surface area contributed by atoms with E-state index in [1.165, 1.54) is 0 Å². The molecule has 0 N–H and O–H groups in total. The Morgan fingerprint density at radius 2 is 2.08 bits per heavy atom. The molecule has 1 aliphatic rings. The molecule has 0 aliphatic carbocycles. The van der Waals surface area contributed by atoms with E-state index in [4.69, 9.17) is 9.15 Å². The number of piperidine rings is 1. The van der Waals surface area contributed by atoms with Crippen LogP contribution in [0.4, 0.5) is 0 Å². The fourth-order valence-electron chi connectivity index (χ4n) is 2.82. The number of carbonyl (C=O) groups is 1. The van der Waals surface area contributed by atoms with Gasteiger partial charge in [0.2, 0.25) is 15.7 Å². The minimum absolute atomic E-state index is 0.0338. The van der Waals surface area contributed by atoms with E-state index in [1.54, 1.807) is 17.0 Å². The van der Waals surface area contributed by atoms with Gasteiger partial charge in [-0.2, -0.15) is 0 Å². The van der Waals surface area contributed by atoms with Crippen molar-refractivity contribution < 1.29 is 22.4 Å². The van der Waals surface area contributed by atoms with Crippen LogP contribution in [0.3, 0.4) is 0 Å². The van der Waals surface area contributed by atoms with E-state index in [1.807, 2.05) is 25.1 Å². The molecule has 1 amide bonds. The third-order valence-corrected chi connectivity index (χ3v) is 5.47. The van der Waals surface area contributed by atoms with Gasteiger partial charge in [0.25, 0.3) is 5.89 Å². The highest BCUT2D eigenvalue weighted by Crippen LogP contribution is 2.18. The van der Waals surface area contributed by atoms with E-state index in [-0.39, 0.29) is 12.5 Å². The second-order valence-electron chi connectivity index (χ2n) is 6.41. The molecule has 8 nitrogen and oxygen atoms in total. The predicted molar refractivity (Wildman–Crippen MR) is 92.1 cm³/mol. The topological polar surface area (TPSA) is 103 Å². The van der Waals surface area contributed by atoms with Gasteiger partial charge < -0.3 is 14.1 Å². The van der Waals surface area contributed by atoms with Crippen LogP contribution in [0.2, 0.25) is 0 Å². The lowest BCUT2D eigenvalue weighted by Crippen LogP contribution is -2.42. The molecule has 140 valence electrons. The molecule has 0 spiro atoms. The lowest BCUT2D eigenvalue weighted by atomic mass is 10.0. The minimum atomic E-state index is -3.98. The zero-order valence-corrected chi connectivity index (χ0v) is 15.3. The number of hydrogen-bond acceptors (Lipinski definition) is 7. The highest BCUT2D eigenvalue weighted by atomic mass is 32.2. The number of aromatic nitrogens is 2. The molecule has 0 bridgehead atoms. The minimum Gasteiger partial charge on any atom is -0.484 e. The molecule has 1 atom stereocenters. The van der Waals surface area contributed by atoms with Crippen LogP contribution in [0.15, 0.2) is 40.0 Å². The zero-order chi connectivity index (χ0) is 18.6. The Morgan fingerprint density at radius 3 is 2.81 bits per heavy atom. The van der Waals surface area contributed by atoms with Gasteiger partial charge in [-0.1, -0.05) is 30.2 Å². The van der Waals surface area contributed by atoms with Gasteiger partial charge in [-0.25, -0.2) is 8.42 Å². The Kier molecular flexibility index (Phi) is 5.55. The summed E-state index contributed by atoms with van der Waals surface area (Å²) < 4.78 is 35.4. The van der Waals surface area contributed by atoms with Gasteiger partial charge in [0.1, 0.15) is 11.5 Å². The van der Waals surface area contributed by atoms with Crippen LogP contribution in [0.5, 0.6) is 5.75 Å². The van der Waals surface area contributed by atoms with Gasteiger partial charge in [-0.05, 0) is 30.9 Å². The Labute approximate surface area is 152 Å². The monoisotopic (exact) mass is 379 g/mol. The zero-order valence-electron chi connectivity index (χ0n) is 14.5. The molecule has 1 aromatic heterocycles. The largest absolute Gasteiger partial charge is 0.484 e. The maximum absolute atomic E-state index is 12.4. The number of nitrogens with zero attached hydrogens (tertiary/aromatic N) is 3. The number of para-hydroxylation sites is 1. The Morgan fingerprint density at radius 1 is 1.31 bits per heavy atom. The number of ether oxygens (including phenoxy) is 1. The average molecular weight is 379 g/mol. The molecule has 0 radical (unpaired) electrons. The summed E-state index contributed by atoms with van der Waals surface area (Å²) in [6, 6.07) is 8.99. The van der Waals surface area contributed by atoms with Gasteiger partial charge in [-0.3, -0.25) is 4.79 Å². The van der Waals surface area contributed by atoms with Gasteiger partial charge >= 0.3 is 5.22 Å². The molecular formula is C17H21N3O5S. The van der Waals surface area contributed by atoms with Crippen LogP contribution in [0.1, 0.15) is 25.7 Å². The van der Waals surface area contributed by atoms with Crippen LogP contribution >= 0.6 is 0 Å². The SMILES string of the molecule is CC1CCCN(C(=O)CS(=O)(=O)c2nnc(COc3ccccc3)o2)C1. The highest BCUT2D eigenvalue weighted by Gasteiger charge is 2.30. The van der Waals surface area contributed by atoms with Gasteiger partial charge in [0.05, 0.1) is 0 Å². The van der Waals surface area contributed by atoms with E-state index in [9.17, 15) is 13.2 Å². The first-order valence-corrected chi connectivity index (χ1v) is 10.1. The van der Waals surface area contributed by atoms with E-state index < -0.39 is 26.7 Å². The predicted octanol–water partition coefficient (Wildman–Crippen LogP) is 1.68. The van der Waals surface area contributed by atoms with E-state index in [0.29, 0.717) is 24.8 Å². The van der Waals surface area contributed by atoms with Crippen LogP contribution in [-0.4, -0.2) is 48.3 Å². The second kappa shape index (κ2) is 7.86. The van der Waals surface area contributed by atoms with Gasteiger partial charge in [-0.15, -0.1) is 5.10 Å². The second-order valence-corrected chi connectivity index (χ2v) is 8.28. The fourth-order valence-corrected chi connectivity index (χ4v) is 3.84. The van der Waals surface area contributed by atoms with Crippen molar-refractivity contribution in [1.29, 1.82) is 0 Å². The summed E-state index contributed by atoms with van der Waals surface area (Å²) in [7, 11) is -3.98. The number of carbonyl (C=O) groups excluding carboxylic acids is 1. The van der Waals surface area contributed by atoms with Crippen LogP contribution in [0, 0.1) is 5.92 Å². The number of amides is 1. The number of benzene rings is 1. The summed E-state index contributed by atoms with van der Waals surface area (Å²) in [6.45, 7) is 3.15. The first-order chi connectivity index (χ1) is 12.4. The number of hydrogen-bond donors (Lipinski definition) is 0. The molecule has 1 unspecified atom stereocenters. The summed E-state index contributed by atoms with van der Waals surface area (Å²) in [5, 5.41) is 6.69. The first-order valence-electron chi connectivity index (χ1n) is 8.45. The van der Waals surface area contributed by atoms with Crippen molar-refractivity contribution in [2.24, 2.45) is 5.92 Å². The Hall–Kier alpha value is -2.42. The van der Waals surface area contributed by atoms with E-state index in [0.717, 1.165) is 12.8 Å². The molecule has 0 saturated carbocycles. The van der Waals surface area contributed by atoms with Crippen molar-refractivity contribution in [1.82, 2.24) is 15.1 Å². The molecule has 2 aromatic rings. The van der Waals surface area contributed by atoms with Crippen molar-refractivity contribution in [3.05, 3.63) is 36.2 Å². The van der Waals surface area contributed by atoms with Crippen LogP contribution in [-0.2, 0) is 21.2 Å². The van der Waals surface area contributed by atoms with E-state index in [2.05, 4.69) is 10.2 Å². The maximum atomic E-state index is 12.4. The molecule has 2 heterocycles. The smallest absolute Gasteiger partial charge is 0.336 e. The molecule has 1 saturated heterocycles. The summed E-state index contributed by atoms with van der Waals surface area (Å²) in [5.41, 5.74) is 0. The van der Waals surface area contributed by atoms with Crippen molar-refractivity contribution in [2.75, 3.05) is 18.8 Å². The molecule has 1 aromatic carbocycles. The molecule has 3 rings (SSSR count). The fraction of sp³-hybridized carbons (Fsp3) is 0.471. The van der Waals surface area contributed by atoms with Crippen molar-refractivity contribution in [3.63, 3.8) is 0 Å². The molecular weight excluding hydrogens is 358 g/mol.